The Kier molecular flexibility index (Phi) is 3.05. The molecule has 0 bridgehead atoms. The van der Waals surface area contributed by atoms with E-state index in [1.54, 1.807) is 6.92 Å². The molecule has 0 aliphatic rings. The van der Waals surface area contributed by atoms with E-state index in [9.17, 15) is 9.59 Å². The third-order valence-electron chi connectivity index (χ3n) is 3.53. The quantitative estimate of drug-likeness (QED) is 0.710. The number of aryl methyl sites for hydroxylation is 2. The van der Waals surface area contributed by atoms with Crippen LogP contribution >= 0.6 is 0 Å². The van der Waals surface area contributed by atoms with Crippen LogP contribution in [0, 0.1) is 13.8 Å². The number of hydrogen-bond acceptors (Lipinski definition) is 3. The van der Waals surface area contributed by atoms with Crippen molar-refractivity contribution in [2.45, 2.75) is 20.8 Å². The van der Waals surface area contributed by atoms with Crippen LogP contribution in [0.15, 0.2) is 23.0 Å². The highest BCUT2D eigenvalue weighted by molar-refractivity contribution is 6.06. The number of esters is 1. The third-order valence-corrected chi connectivity index (χ3v) is 3.53. The first-order valence-electron chi connectivity index (χ1n) is 6.84. The lowest BCUT2D eigenvalue weighted by Crippen LogP contribution is -2.13. The number of H-pyrrole nitrogens is 2. The molecule has 2 aromatic heterocycles. The number of rotatable bonds is 2. The number of carbonyl (C=O) groups excluding carboxylic acids is 1. The van der Waals surface area contributed by atoms with Crippen LogP contribution in [0.1, 0.15) is 28.7 Å². The van der Waals surface area contributed by atoms with E-state index in [1.165, 1.54) is 6.07 Å². The Hall–Kier alpha value is -2.56. The Balaban J connectivity index is 2.38. The number of nitrogens with one attached hydrogen (secondary N) is 2. The second-order valence-electron chi connectivity index (χ2n) is 5.13. The first kappa shape index (κ1) is 13.4. The predicted octanol–water partition coefficient (Wildman–Crippen LogP) is 2.80. The van der Waals surface area contributed by atoms with Crippen LogP contribution in [0.4, 0.5) is 0 Å². The van der Waals surface area contributed by atoms with Gasteiger partial charge in [-0.25, -0.2) is 4.79 Å². The Morgan fingerprint density at radius 1 is 1.14 bits per heavy atom. The zero-order valence-corrected chi connectivity index (χ0v) is 12.2. The van der Waals surface area contributed by atoms with E-state index in [0.717, 1.165) is 22.2 Å². The maximum absolute atomic E-state index is 12.4. The summed E-state index contributed by atoms with van der Waals surface area (Å²) in [4.78, 5) is 30.5. The summed E-state index contributed by atoms with van der Waals surface area (Å²) in [5.74, 6) is -0.515. The number of pyridine rings is 1. The highest BCUT2D eigenvalue weighted by Crippen LogP contribution is 2.25. The van der Waals surface area contributed by atoms with Gasteiger partial charge in [0.2, 0.25) is 0 Å². The Labute approximate surface area is 120 Å². The van der Waals surface area contributed by atoms with Gasteiger partial charge < -0.3 is 14.7 Å². The lowest BCUT2D eigenvalue weighted by molar-refractivity contribution is 0.0520. The van der Waals surface area contributed by atoms with Crippen molar-refractivity contribution in [2.24, 2.45) is 0 Å². The number of aromatic amines is 2. The van der Waals surface area contributed by atoms with Gasteiger partial charge in [-0.2, -0.15) is 0 Å². The SMILES string of the molecule is CCOC(=O)c1cc(=O)c2c([nH]1)c(C)cc1cc(C)[nH]c12. The first-order chi connectivity index (χ1) is 10.0. The van der Waals surface area contributed by atoms with Crippen molar-refractivity contribution in [3.05, 3.63) is 45.4 Å². The minimum Gasteiger partial charge on any atom is -0.461 e. The minimum absolute atomic E-state index is 0.181. The second-order valence-corrected chi connectivity index (χ2v) is 5.13. The van der Waals surface area contributed by atoms with Gasteiger partial charge in [0.1, 0.15) is 5.69 Å². The van der Waals surface area contributed by atoms with Crippen molar-refractivity contribution in [3.8, 4) is 0 Å². The van der Waals surface area contributed by atoms with E-state index in [-0.39, 0.29) is 17.7 Å². The van der Waals surface area contributed by atoms with Gasteiger partial charge in [-0.3, -0.25) is 4.79 Å². The second kappa shape index (κ2) is 4.77. The topological polar surface area (TPSA) is 75.0 Å². The van der Waals surface area contributed by atoms with Crippen molar-refractivity contribution >= 4 is 27.8 Å². The maximum atomic E-state index is 12.4. The van der Waals surface area contributed by atoms with Crippen LogP contribution in [0.2, 0.25) is 0 Å². The third kappa shape index (κ3) is 2.11. The normalized spacial score (nSPS) is 11.2. The monoisotopic (exact) mass is 284 g/mol. The Bertz CT molecular complexity index is 919. The van der Waals surface area contributed by atoms with Gasteiger partial charge in [0.15, 0.2) is 5.43 Å². The van der Waals surface area contributed by atoms with Crippen LogP contribution in [-0.2, 0) is 4.74 Å². The molecule has 1 aromatic carbocycles. The molecule has 0 radical (unpaired) electrons. The molecule has 3 aromatic rings. The van der Waals surface area contributed by atoms with E-state index in [4.69, 9.17) is 4.74 Å². The summed E-state index contributed by atoms with van der Waals surface area (Å²) in [6.45, 7) is 5.86. The Morgan fingerprint density at radius 3 is 2.62 bits per heavy atom. The van der Waals surface area contributed by atoms with Crippen LogP contribution < -0.4 is 5.43 Å². The number of hydrogen-bond donors (Lipinski definition) is 2. The van der Waals surface area contributed by atoms with Crippen LogP contribution in [-0.4, -0.2) is 22.5 Å². The molecule has 2 heterocycles. The molecule has 0 fully saturated rings. The van der Waals surface area contributed by atoms with Crippen molar-refractivity contribution < 1.29 is 9.53 Å². The number of fused-ring (bicyclic) bond motifs is 3. The van der Waals surface area contributed by atoms with Gasteiger partial charge in [0.25, 0.3) is 0 Å². The molecule has 2 N–H and O–H groups in total. The van der Waals surface area contributed by atoms with Gasteiger partial charge in [-0.15, -0.1) is 0 Å². The van der Waals surface area contributed by atoms with E-state index >= 15 is 0 Å². The number of benzene rings is 1. The number of ether oxygens (including phenoxy) is 1. The predicted molar refractivity (Wildman–Crippen MR) is 81.9 cm³/mol. The summed E-state index contributed by atoms with van der Waals surface area (Å²) in [5, 5.41) is 1.57. The lowest BCUT2D eigenvalue weighted by Gasteiger charge is -2.07. The lowest BCUT2D eigenvalue weighted by atomic mass is 10.1. The van der Waals surface area contributed by atoms with Crippen molar-refractivity contribution in [1.82, 2.24) is 9.97 Å². The van der Waals surface area contributed by atoms with Gasteiger partial charge >= 0.3 is 5.97 Å². The molecule has 21 heavy (non-hydrogen) atoms. The van der Waals surface area contributed by atoms with Crippen LogP contribution in [0.25, 0.3) is 21.8 Å². The molecular weight excluding hydrogens is 268 g/mol. The van der Waals surface area contributed by atoms with Gasteiger partial charge in [-0.05, 0) is 38.5 Å². The van der Waals surface area contributed by atoms with E-state index in [0.29, 0.717) is 10.9 Å². The van der Waals surface area contributed by atoms with Gasteiger partial charge in [0.05, 0.1) is 23.0 Å². The van der Waals surface area contributed by atoms with Gasteiger partial charge in [-0.1, -0.05) is 0 Å². The molecule has 108 valence electrons. The fraction of sp³-hybridized carbons (Fsp3) is 0.250. The van der Waals surface area contributed by atoms with Gasteiger partial charge in [0, 0.05) is 17.1 Å². The average molecular weight is 284 g/mol. The molecule has 0 amide bonds. The zero-order valence-electron chi connectivity index (χ0n) is 12.2. The molecule has 5 nitrogen and oxygen atoms in total. The first-order valence-corrected chi connectivity index (χ1v) is 6.84. The van der Waals surface area contributed by atoms with Crippen molar-refractivity contribution in [3.63, 3.8) is 0 Å². The van der Waals surface area contributed by atoms with E-state index in [1.807, 2.05) is 26.0 Å². The molecule has 0 saturated heterocycles. The molecule has 0 aliphatic carbocycles. The van der Waals surface area contributed by atoms with E-state index < -0.39 is 5.97 Å². The Morgan fingerprint density at radius 2 is 1.90 bits per heavy atom. The van der Waals surface area contributed by atoms with E-state index in [2.05, 4.69) is 9.97 Å². The molecular formula is C16H16N2O3. The summed E-state index contributed by atoms with van der Waals surface area (Å²) in [5.41, 5.74) is 3.36. The standard InChI is InChI=1S/C16H16N2O3/c1-4-21-16(20)11-7-12(19)13-14(18-11)8(2)5-10-6-9(3)17-15(10)13/h5-7,17H,4H2,1-3H3,(H,18,19). The molecule has 5 heteroatoms. The zero-order chi connectivity index (χ0) is 15.1. The minimum atomic E-state index is -0.515. The summed E-state index contributed by atoms with van der Waals surface area (Å²) in [6.07, 6.45) is 0. The number of carbonyl (C=O) groups is 1. The molecule has 3 rings (SSSR count). The molecule has 0 atom stereocenters. The highest BCUT2D eigenvalue weighted by atomic mass is 16.5. The maximum Gasteiger partial charge on any atom is 0.354 e. The van der Waals surface area contributed by atoms with Crippen LogP contribution in [0.3, 0.4) is 0 Å². The fourth-order valence-corrected chi connectivity index (χ4v) is 2.66. The number of aromatic nitrogens is 2. The molecule has 0 saturated carbocycles. The summed E-state index contributed by atoms with van der Waals surface area (Å²) >= 11 is 0. The summed E-state index contributed by atoms with van der Waals surface area (Å²) < 4.78 is 4.95. The fourth-order valence-electron chi connectivity index (χ4n) is 2.66. The van der Waals surface area contributed by atoms with Crippen molar-refractivity contribution in [2.75, 3.05) is 6.61 Å². The summed E-state index contributed by atoms with van der Waals surface area (Å²) in [6, 6.07) is 5.29. The molecule has 0 spiro atoms. The molecule has 0 unspecified atom stereocenters. The largest absolute Gasteiger partial charge is 0.461 e. The molecule has 0 aliphatic heterocycles. The van der Waals surface area contributed by atoms with Crippen molar-refractivity contribution in [1.29, 1.82) is 0 Å². The summed E-state index contributed by atoms with van der Waals surface area (Å²) in [7, 11) is 0. The smallest absolute Gasteiger partial charge is 0.354 e. The average Bonchev–Trinajstić information content (AvgIpc) is 2.78. The highest BCUT2D eigenvalue weighted by Gasteiger charge is 2.15. The van der Waals surface area contributed by atoms with Crippen LogP contribution in [0.5, 0.6) is 0 Å².